The van der Waals surface area contributed by atoms with Gasteiger partial charge in [-0.15, -0.1) is 0 Å². The first kappa shape index (κ1) is 26.0. The quantitative estimate of drug-likeness (QED) is 0.510. The summed E-state index contributed by atoms with van der Waals surface area (Å²) in [5.74, 6) is 0.431. The molecule has 1 aromatic heterocycles. The van der Waals surface area contributed by atoms with E-state index < -0.39 is 0 Å². The standard InChI is InChI=1S/C25H36N6O2/c1-7-22-19(3)28-23(16-26-22)29-21-11-8-10-20(14-21)18(2)15-27-24(32)17-31(6)25(33)12-9-13-30(4)5/h8-12,14,16,18H,7,13,15,17H2,1-6H3,(H,27,32)(H,28,29)/b12-9+/t18-/m1/s1. The third-order valence-corrected chi connectivity index (χ3v) is 5.20. The lowest BCUT2D eigenvalue weighted by atomic mass is 10.0. The highest BCUT2D eigenvalue weighted by Gasteiger charge is 2.13. The lowest BCUT2D eigenvalue weighted by molar-refractivity contribution is -0.131. The predicted molar refractivity (Wildman–Crippen MR) is 133 cm³/mol. The van der Waals surface area contributed by atoms with E-state index in [1.165, 1.54) is 11.0 Å². The van der Waals surface area contributed by atoms with Crippen LogP contribution >= 0.6 is 0 Å². The molecule has 0 spiro atoms. The van der Waals surface area contributed by atoms with Gasteiger partial charge >= 0.3 is 0 Å². The second-order valence-electron chi connectivity index (χ2n) is 8.46. The second kappa shape index (κ2) is 12.7. The predicted octanol–water partition coefficient (Wildman–Crippen LogP) is 2.89. The number of benzene rings is 1. The van der Waals surface area contributed by atoms with Gasteiger partial charge in [0.25, 0.3) is 0 Å². The van der Waals surface area contributed by atoms with Gasteiger partial charge < -0.3 is 20.4 Å². The summed E-state index contributed by atoms with van der Waals surface area (Å²) in [5.41, 5.74) is 3.92. The fraction of sp³-hybridized carbons (Fsp3) is 0.440. The van der Waals surface area contributed by atoms with Crippen LogP contribution in [0.5, 0.6) is 0 Å². The van der Waals surface area contributed by atoms with Gasteiger partial charge in [-0.2, -0.15) is 0 Å². The molecule has 0 unspecified atom stereocenters. The summed E-state index contributed by atoms with van der Waals surface area (Å²) in [7, 11) is 5.48. The van der Waals surface area contributed by atoms with Gasteiger partial charge in [0.05, 0.1) is 24.1 Å². The maximum Gasteiger partial charge on any atom is 0.246 e. The van der Waals surface area contributed by atoms with Crippen molar-refractivity contribution in [3.05, 3.63) is 59.6 Å². The summed E-state index contributed by atoms with van der Waals surface area (Å²) in [6.07, 6.45) is 5.88. The number of carbonyl (C=O) groups is 2. The molecule has 0 fully saturated rings. The Balaban J connectivity index is 1.88. The Bertz CT molecular complexity index is 973. The van der Waals surface area contributed by atoms with E-state index in [1.807, 2.05) is 50.2 Å². The molecule has 0 radical (unpaired) electrons. The molecule has 2 aromatic rings. The van der Waals surface area contributed by atoms with E-state index in [4.69, 9.17) is 0 Å². The molecule has 8 nitrogen and oxygen atoms in total. The van der Waals surface area contributed by atoms with Gasteiger partial charge in [0.2, 0.25) is 11.8 Å². The maximum atomic E-state index is 12.3. The molecular weight excluding hydrogens is 416 g/mol. The van der Waals surface area contributed by atoms with Gasteiger partial charge in [-0.25, -0.2) is 4.98 Å². The number of likely N-dealkylation sites (N-methyl/N-ethyl adjacent to an activating group) is 2. The number of rotatable bonds is 11. The molecule has 0 saturated heterocycles. The van der Waals surface area contributed by atoms with Crippen molar-refractivity contribution >= 4 is 23.3 Å². The minimum atomic E-state index is -0.191. The minimum absolute atomic E-state index is 0.0191. The molecule has 178 valence electrons. The summed E-state index contributed by atoms with van der Waals surface area (Å²) in [6.45, 7) is 7.25. The van der Waals surface area contributed by atoms with Crippen LogP contribution in [0.2, 0.25) is 0 Å². The Morgan fingerprint density at radius 1 is 1.21 bits per heavy atom. The molecule has 2 rings (SSSR count). The highest BCUT2D eigenvalue weighted by Crippen LogP contribution is 2.21. The summed E-state index contributed by atoms with van der Waals surface area (Å²) in [6, 6.07) is 8.03. The maximum absolute atomic E-state index is 12.3. The van der Waals surface area contributed by atoms with Crippen molar-refractivity contribution in [2.75, 3.05) is 46.1 Å². The van der Waals surface area contributed by atoms with E-state index >= 15 is 0 Å². The zero-order chi connectivity index (χ0) is 24.4. The molecule has 0 aliphatic carbocycles. The molecule has 1 atom stereocenters. The molecular formula is C25H36N6O2. The normalized spacial score (nSPS) is 12.1. The average molecular weight is 453 g/mol. The lowest BCUT2D eigenvalue weighted by Gasteiger charge is -2.18. The fourth-order valence-electron chi connectivity index (χ4n) is 3.21. The molecule has 2 N–H and O–H groups in total. The highest BCUT2D eigenvalue weighted by atomic mass is 16.2. The van der Waals surface area contributed by atoms with Gasteiger partial charge in [-0.1, -0.05) is 32.1 Å². The van der Waals surface area contributed by atoms with Crippen LogP contribution in [0, 0.1) is 6.92 Å². The van der Waals surface area contributed by atoms with E-state index in [0.717, 1.165) is 29.1 Å². The van der Waals surface area contributed by atoms with E-state index in [2.05, 4.69) is 34.4 Å². The zero-order valence-electron chi connectivity index (χ0n) is 20.6. The van der Waals surface area contributed by atoms with Crippen LogP contribution in [-0.2, 0) is 16.0 Å². The summed E-state index contributed by atoms with van der Waals surface area (Å²) in [4.78, 5) is 36.8. The highest BCUT2D eigenvalue weighted by molar-refractivity contribution is 5.91. The van der Waals surface area contributed by atoms with Gasteiger partial charge in [-0.3, -0.25) is 14.6 Å². The minimum Gasteiger partial charge on any atom is -0.354 e. The van der Waals surface area contributed by atoms with Crippen LogP contribution in [0.25, 0.3) is 0 Å². The van der Waals surface area contributed by atoms with Crippen LogP contribution in [0.4, 0.5) is 11.5 Å². The van der Waals surface area contributed by atoms with Gasteiger partial charge in [0.15, 0.2) is 0 Å². The zero-order valence-corrected chi connectivity index (χ0v) is 20.6. The number of nitrogens with one attached hydrogen (secondary N) is 2. The molecule has 0 aliphatic heterocycles. The van der Waals surface area contributed by atoms with Gasteiger partial charge in [0.1, 0.15) is 5.82 Å². The van der Waals surface area contributed by atoms with Crippen molar-refractivity contribution in [3.8, 4) is 0 Å². The number of carbonyl (C=O) groups excluding carboxylic acids is 2. The van der Waals surface area contributed by atoms with Crippen LogP contribution < -0.4 is 10.6 Å². The average Bonchev–Trinajstić information content (AvgIpc) is 2.77. The monoisotopic (exact) mass is 452 g/mol. The molecule has 0 aliphatic rings. The number of aromatic nitrogens is 2. The smallest absolute Gasteiger partial charge is 0.246 e. The molecule has 1 aromatic carbocycles. The topological polar surface area (TPSA) is 90.5 Å². The molecule has 0 saturated carbocycles. The number of anilines is 2. The number of nitrogens with zero attached hydrogens (tertiary/aromatic N) is 4. The van der Waals surface area contributed by atoms with E-state index in [-0.39, 0.29) is 24.3 Å². The molecule has 8 heteroatoms. The largest absolute Gasteiger partial charge is 0.354 e. The third-order valence-electron chi connectivity index (χ3n) is 5.20. The number of amides is 2. The molecule has 33 heavy (non-hydrogen) atoms. The van der Waals surface area contributed by atoms with E-state index in [9.17, 15) is 9.59 Å². The Hall–Kier alpha value is -3.26. The van der Waals surface area contributed by atoms with Crippen LogP contribution in [0.3, 0.4) is 0 Å². The lowest BCUT2D eigenvalue weighted by Crippen LogP contribution is -2.39. The van der Waals surface area contributed by atoms with Crippen molar-refractivity contribution in [1.82, 2.24) is 25.1 Å². The van der Waals surface area contributed by atoms with Crippen molar-refractivity contribution < 1.29 is 9.59 Å². The molecule has 0 bridgehead atoms. The number of aryl methyl sites for hydroxylation is 2. The van der Waals surface area contributed by atoms with Crippen molar-refractivity contribution in [2.24, 2.45) is 0 Å². The third kappa shape index (κ3) is 8.65. The van der Waals surface area contributed by atoms with E-state index in [1.54, 1.807) is 19.3 Å². The first-order chi connectivity index (χ1) is 15.7. The second-order valence-corrected chi connectivity index (χ2v) is 8.46. The number of hydrogen-bond donors (Lipinski definition) is 2. The SMILES string of the molecule is CCc1ncc(Nc2cccc([C@H](C)CNC(=O)CN(C)C(=O)/C=C/CN(C)C)c2)nc1C. The Kier molecular flexibility index (Phi) is 10.00. The molecule has 1 heterocycles. The van der Waals surface area contributed by atoms with Crippen molar-refractivity contribution in [2.45, 2.75) is 33.1 Å². The van der Waals surface area contributed by atoms with Gasteiger partial charge in [0, 0.05) is 31.9 Å². The summed E-state index contributed by atoms with van der Waals surface area (Å²) in [5, 5.41) is 6.23. The van der Waals surface area contributed by atoms with Crippen LogP contribution in [-0.4, -0.2) is 72.4 Å². The Morgan fingerprint density at radius 3 is 2.64 bits per heavy atom. The Labute approximate surface area is 197 Å². The Morgan fingerprint density at radius 2 is 1.97 bits per heavy atom. The van der Waals surface area contributed by atoms with E-state index in [0.29, 0.717) is 18.9 Å². The number of hydrogen-bond acceptors (Lipinski definition) is 6. The summed E-state index contributed by atoms with van der Waals surface area (Å²) >= 11 is 0. The van der Waals surface area contributed by atoms with Crippen LogP contribution in [0.1, 0.15) is 36.7 Å². The van der Waals surface area contributed by atoms with Crippen LogP contribution in [0.15, 0.2) is 42.6 Å². The summed E-state index contributed by atoms with van der Waals surface area (Å²) < 4.78 is 0. The van der Waals surface area contributed by atoms with Gasteiger partial charge in [-0.05, 0) is 51.1 Å². The fourth-order valence-corrected chi connectivity index (χ4v) is 3.21. The van der Waals surface area contributed by atoms with Crippen molar-refractivity contribution in [3.63, 3.8) is 0 Å². The molecule has 2 amide bonds. The first-order valence-corrected chi connectivity index (χ1v) is 11.2. The first-order valence-electron chi connectivity index (χ1n) is 11.2. The van der Waals surface area contributed by atoms with Crippen molar-refractivity contribution in [1.29, 1.82) is 0 Å².